The molecule has 7 heteroatoms. The number of aryl methyl sites for hydroxylation is 2. The van der Waals surface area contributed by atoms with E-state index in [9.17, 15) is 4.79 Å². The smallest absolute Gasteiger partial charge is 0.251 e. The summed E-state index contributed by atoms with van der Waals surface area (Å²) in [5, 5.41) is 9.68. The molecule has 0 unspecified atom stereocenters. The second-order valence-electron chi connectivity index (χ2n) is 8.91. The van der Waals surface area contributed by atoms with Crippen LogP contribution in [0.15, 0.2) is 53.5 Å². The number of aromatic nitrogens is 2. The maximum atomic E-state index is 12.4. The van der Waals surface area contributed by atoms with Gasteiger partial charge in [0.25, 0.3) is 5.91 Å². The molecule has 0 saturated heterocycles. The van der Waals surface area contributed by atoms with E-state index in [4.69, 9.17) is 0 Å². The van der Waals surface area contributed by atoms with Gasteiger partial charge in [0.1, 0.15) is 5.82 Å². The minimum absolute atomic E-state index is 0.0656. The summed E-state index contributed by atoms with van der Waals surface area (Å²) in [5.74, 6) is 1.70. The van der Waals surface area contributed by atoms with Crippen LogP contribution >= 0.6 is 0 Å². The third-order valence-electron chi connectivity index (χ3n) is 5.06. The molecule has 3 aromatic rings. The number of nitrogens with zero attached hydrogens (tertiary/aromatic N) is 3. The molecule has 0 aliphatic heterocycles. The minimum atomic E-state index is -0.265. The summed E-state index contributed by atoms with van der Waals surface area (Å²) in [5.41, 5.74) is 3.62. The number of guanidine groups is 1. The standard InChI is InChI=1S/C25H34N6O/c1-18-29-21-12-6-7-13-22(21)31(18)15-9-14-27-24(26-5)28-17-19-10-8-11-20(16-19)23(32)30-25(2,3)4/h6-8,10-13,16H,9,14-15,17H2,1-5H3,(H,30,32)(H2,26,27,28). The Balaban J connectivity index is 1.48. The van der Waals surface area contributed by atoms with Crippen molar-refractivity contribution in [2.24, 2.45) is 4.99 Å². The summed E-state index contributed by atoms with van der Waals surface area (Å²) in [7, 11) is 1.76. The SMILES string of the molecule is CN=C(NCCCn1c(C)nc2ccccc21)NCc1cccc(C(=O)NC(C)(C)C)c1. The number of hydrogen-bond acceptors (Lipinski definition) is 3. The zero-order chi connectivity index (χ0) is 23.1. The average Bonchev–Trinajstić information content (AvgIpc) is 3.07. The zero-order valence-electron chi connectivity index (χ0n) is 19.7. The Morgan fingerprint density at radius 2 is 1.88 bits per heavy atom. The molecule has 0 aliphatic rings. The maximum absolute atomic E-state index is 12.4. The lowest BCUT2D eigenvalue weighted by Crippen LogP contribution is -2.40. The van der Waals surface area contributed by atoms with Gasteiger partial charge in [0.05, 0.1) is 11.0 Å². The fourth-order valence-electron chi connectivity index (χ4n) is 3.56. The van der Waals surface area contributed by atoms with Crippen LogP contribution in [0.1, 0.15) is 48.9 Å². The van der Waals surface area contributed by atoms with Crippen molar-refractivity contribution in [3.8, 4) is 0 Å². The van der Waals surface area contributed by atoms with Gasteiger partial charge in [0, 0.05) is 37.8 Å². The topological polar surface area (TPSA) is 83.3 Å². The number of para-hydroxylation sites is 2. The normalized spacial score (nSPS) is 12.1. The Morgan fingerprint density at radius 3 is 2.62 bits per heavy atom. The largest absolute Gasteiger partial charge is 0.356 e. The number of rotatable bonds is 7. The van der Waals surface area contributed by atoms with Crippen LogP contribution in [0.4, 0.5) is 0 Å². The van der Waals surface area contributed by atoms with Gasteiger partial charge in [-0.25, -0.2) is 4.98 Å². The summed E-state index contributed by atoms with van der Waals surface area (Å²) >= 11 is 0. The maximum Gasteiger partial charge on any atom is 0.251 e. The van der Waals surface area contributed by atoms with E-state index in [1.165, 1.54) is 5.52 Å². The fraction of sp³-hybridized carbons (Fsp3) is 0.400. The molecule has 0 fully saturated rings. The van der Waals surface area contributed by atoms with Gasteiger partial charge in [0.2, 0.25) is 0 Å². The van der Waals surface area contributed by atoms with Crippen LogP contribution in [0.2, 0.25) is 0 Å². The molecular formula is C25H34N6O. The molecule has 170 valence electrons. The van der Waals surface area contributed by atoms with Crippen LogP contribution in [-0.2, 0) is 13.1 Å². The highest BCUT2D eigenvalue weighted by Crippen LogP contribution is 2.15. The molecule has 0 radical (unpaired) electrons. The van der Waals surface area contributed by atoms with Crippen LogP contribution in [0, 0.1) is 6.92 Å². The predicted molar refractivity (Wildman–Crippen MR) is 131 cm³/mol. The lowest BCUT2D eigenvalue weighted by molar-refractivity contribution is 0.0919. The van der Waals surface area contributed by atoms with Crippen molar-refractivity contribution in [2.75, 3.05) is 13.6 Å². The Bertz CT molecular complexity index is 1090. The third kappa shape index (κ3) is 6.33. The quantitative estimate of drug-likeness (QED) is 0.301. The monoisotopic (exact) mass is 434 g/mol. The molecule has 0 spiro atoms. The summed E-state index contributed by atoms with van der Waals surface area (Å²) in [6.45, 7) is 10.2. The molecule has 0 bridgehead atoms. The van der Waals surface area contributed by atoms with Gasteiger partial charge in [-0.15, -0.1) is 0 Å². The Kier molecular flexibility index (Phi) is 7.51. The van der Waals surface area contributed by atoms with Crippen LogP contribution in [0.25, 0.3) is 11.0 Å². The zero-order valence-corrected chi connectivity index (χ0v) is 19.7. The molecule has 0 saturated carbocycles. The second-order valence-corrected chi connectivity index (χ2v) is 8.91. The summed E-state index contributed by atoms with van der Waals surface area (Å²) in [6.07, 6.45) is 0.949. The van der Waals surface area contributed by atoms with E-state index in [-0.39, 0.29) is 11.4 Å². The van der Waals surface area contributed by atoms with E-state index in [2.05, 4.69) is 36.6 Å². The first-order valence-corrected chi connectivity index (χ1v) is 11.0. The van der Waals surface area contributed by atoms with E-state index in [0.717, 1.165) is 42.4 Å². The summed E-state index contributed by atoms with van der Waals surface area (Å²) in [4.78, 5) is 21.3. The van der Waals surface area contributed by atoms with E-state index in [0.29, 0.717) is 12.1 Å². The Hall–Kier alpha value is -3.35. The summed E-state index contributed by atoms with van der Waals surface area (Å²) in [6, 6.07) is 15.9. The van der Waals surface area contributed by atoms with Crippen LogP contribution in [0.3, 0.4) is 0 Å². The number of benzene rings is 2. The number of fused-ring (bicyclic) bond motifs is 1. The van der Waals surface area contributed by atoms with Gasteiger partial charge in [0.15, 0.2) is 5.96 Å². The molecule has 7 nitrogen and oxygen atoms in total. The van der Waals surface area contributed by atoms with Crippen molar-refractivity contribution in [1.29, 1.82) is 0 Å². The fourth-order valence-corrected chi connectivity index (χ4v) is 3.56. The Morgan fingerprint density at radius 1 is 1.09 bits per heavy atom. The van der Waals surface area contributed by atoms with Crippen molar-refractivity contribution in [2.45, 2.75) is 52.7 Å². The number of amides is 1. The highest BCUT2D eigenvalue weighted by molar-refractivity contribution is 5.94. The molecule has 2 aromatic carbocycles. The highest BCUT2D eigenvalue weighted by Gasteiger charge is 2.15. The number of nitrogens with one attached hydrogen (secondary N) is 3. The number of carbonyl (C=O) groups excluding carboxylic acids is 1. The lowest BCUT2D eigenvalue weighted by Gasteiger charge is -2.20. The number of aliphatic imine (C=N–C) groups is 1. The second kappa shape index (κ2) is 10.3. The van der Waals surface area contributed by atoms with E-state index >= 15 is 0 Å². The van der Waals surface area contributed by atoms with Gasteiger partial charge in [-0.3, -0.25) is 9.79 Å². The first-order valence-electron chi connectivity index (χ1n) is 11.0. The van der Waals surface area contributed by atoms with Gasteiger partial charge in [-0.1, -0.05) is 24.3 Å². The molecule has 0 aliphatic carbocycles. The van der Waals surface area contributed by atoms with Crippen molar-refractivity contribution < 1.29 is 4.79 Å². The van der Waals surface area contributed by atoms with E-state index in [1.807, 2.05) is 70.2 Å². The lowest BCUT2D eigenvalue weighted by atomic mass is 10.1. The first-order chi connectivity index (χ1) is 15.3. The van der Waals surface area contributed by atoms with Crippen molar-refractivity contribution >= 4 is 22.9 Å². The molecule has 0 atom stereocenters. The summed E-state index contributed by atoms with van der Waals surface area (Å²) < 4.78 is 2.25. The molecule has 3 rings (SSSR count). The van der Waals surface area contributed by atoms with Crippen molar-refractivity contribution in [3.05, 3.63) is 65.5 Å². The van der Waals surface area contributed by atoms with Crippen LogP contribution in [-0.4, -0.2) is 40.5 Å². The van der Waals surface area contributed by atoms with Crippen LogP contribution in [0.5, 0.6) is 0 Å². The first kappa shape index (κ1) is 23.3. The van der Waals surface area contributed by atoms with Crippen molar-refractivity contribution in [3.63, 3.8) is 0 Å². The average molecular weight is 435 g/mol. The number of carbonyl (C=O) groups is 1. The third-order valence-corrected chi connectivity index (χ3v) is 5.06. The van der Waals surface area contributed by atoms with Gasteiger partial charge in [-0.05, 0) is 63.9 Å². The van der Waals surface area contributed by atoms with E-state index < -0.39 is 0 Å². The molecule has 1 heterocycles. The minimum Gasteiger partial charge on any atom is -0.356 e. The molecule has 3 N–H and O–H groups in total. The van der Waals surface area contributed by atoms with Crippen molar-refractivity contribution in [1.82, 2.24) is 25.5 Å². The predicted octanol–water partition coefficient (Wildman–Crippen LogP) is 3.63. The molecule has 1 amide bonds. The Labute approximate surface area is 190 Å². The van der Waals surface area contributed by atoms with Gasteiger partial charge in [-0.2, -0.15) is 0 Å². The van der Waals surface area contributed by atoms with E-state index in [1.54, 1.807) is 7.05 Å². The molecular weight excluding hydrogens is 400 g/mol. The number of imidazole rings is 1. The van der Waals surface area contributed by atoms with Crippen LogP contribution < -0.4 is 16.0 Å². The molecule has 1 aromatic heterocycles. The van der Waals surface area contributed by atoms with Gasteiger partial charge >= 0.3 is 0 Å². The van der Waals surface area contributed by atoms with Gasteiger partial charge < -0.3 is 20.5 Å². The highest BCUT2D eigenvalue weighted by atomic mass is 16.1. The number of hydrogen-bond donors (Lipinski definition) is 3. The molecule has 32 heavy (non-hydrogen) atoms.